The quantitative estimate of drug-likeness (QED) is 0.0301. The van der Waals surface area contributed by atoms with E-state index in [0.717, 1.165) is 138 Å². The van der Waals surface area contributed by atoms with Gasteiger partial charge in [0.2, 0.25) is 11.8 Å². The second kappa shape index (κ2) is 38.2. The van der Waals surface area contributed by atoms with E-state index in [-0.39, 0.29) is 41.4 Å². The molecule has 19 nitrogen and oxygen atoms in total. The Morgan fingerprint density at radius 2 is 1.03 bits per heavy atom. The van der Waals surface area contributed by atoms with Crippen LogP contribution in [0.25, 0.3) is 0 Å². The van der Waals surface area contributed by atoms with Crippen LogP contribution >= 0.6 is 11.6 Å². The number of nitrogens with zero attached hydrogens (tertiary/aromatic N) is 6. The number of aromatic nitrogens is 3. The number of carbonyl (C=O) groups is 6. The lowest BCUT2D eigenvalue weighted by Gasteiger charge is -2.36. The van der Waals surface area contributed by atoms with Gasteiger partial charge in [-0.25, -0.2) is 4.98 Å². The highest BCUT2D eigenvalue weighted by molar-refractivity contribution is 6.30. The Hall–Kier alpha value is -8.10. The molecule has 2 aliphatic carbocycles. The van der Waals surface area contributed by atoms with Crippen molar-refractivity contribution in [1.82, 2.24) is 40.3 Å². The molecule has 0 bridgehead atoms. The van der Waals surface area contributed by atoms with Gasteiger partial charge in [0.15, 0.2) is 5.78 Å². The lowest BCUT2D eigenvalue weighted by molar-refractivity contribution is -0.145. The standard InChI is InChI=1S/C27H34ClN3O2.2C27H35N3O4/c1-19(32)26(21-8-11-23(28)12-9-21)31-17-14-20(15-18-31)25(33)7-3-2-6-24-13-10-22-5-4-16-29-27(22)30-24;1-34-24-11-5-3-9-22(24)25(27(32)33)30-17-14-20(15-18-30)26(31)28-16-6-8-21-13-12-19-7-2-4-10-23(19)29-21;1-34-23-9-4-7-21(18-23)25(27(32)33)30-16-13-20(14-17-30)26(31)28-15-5-8-22-12-11-19-6-2-3-10-24(19)29-22/h8-13,20,26H,2-7,14-18H2,1H3,(H,29,30);3,5,9,11-13,20,25H,2,4,6-8,10,14-18H2,1H3,(H,28,31)(H,32,33);4,7,9,11-12,18,20,25H,2-3,5-6,8,10,13-17H2,1H3,(H,28,31)(H,32,33). The van der Waals surface area contributed by atoms with Gasteiger partial charge >= 0.3 is 11.9 Å². The van der Waals surface area contributed by atoms with Gasteiger partial charge in [0.25, 0.3) is 0 Å². The summed E-state index contributed by atoms with van der Waals surface area (Å²) >= 11 is 6.01. The number of halogens is 1. The maximum atomic E-state index is 12.8. The number of methoxy groups -OCH3 is 2. The zero-order chi connectivity index (χ0) is 71.0. The maximum absolute atomic E-state index is 12.8. The van der Waals surface area contributed by atoms with Gasteiger partial charge < -0.3 is 35.6 Å². The fraction of sp³-hybridized carbons (Fsp3) is 0.519. The largest absolute Gasteiger partial charge is 0.497 e. The highest BCUT2D eigenvalue weighted by Gasteiger charge is 2.37. The number of likely N-dealkylation sites (tertiary alicyclic amines) is 3. The Morgan fingerprint density at radius 3 is 1.58 bits per heavy atom. The van der Waals surface area contributed by atoms with E-state index >= 15 is 0 Å². The Morgan fingerprint density at radius 1 is 0.525 bits per heavy atom. The zero-order valence-electron chi connectivity index (χ0n) is 59.4. The van der Waals surface area contributed by atoms with E-state index in [1.54, 1.807) is 45.4 Å². The van der Waals surface area contributed by atoms with E-state index in [0.29, 0.717) is 105 Å². The first kappa shape index (κ1) is 75.6. The molecular formula is C81H104ClN9O10. The van der Waals surface area contributed by atoms with Gasteiger partial charge in [0.05, 0.1) is 20.3 Å². The van der Waals surface area contributed by atoms with E-state index in [2.05, 4.69) is 57.2 Å². The molecular weight excluding hydrogens is 1290 g/mol. The smallest absolute Gasteiger partial charge is 0.325 e. The molecule has 3 aromatic carbocycles. The second-order valence-electron chi connectivity index (χ2n) is 28.0. The number of nitrogens with one attached hydrogen (secondary N) is 3. The van der Waals surface area contributed by atoms with E-state index in [9.17, 15) is 39.0 Å². The molecule has 2 amide bonds. The van der Waals surface area contributed by atoms with Crippen LogP contribution in [0.1, 0.15) is 190 Å². The normalized spacial score (nSPS) is 17.6. The molecule has 3 unspecified atom stereocenters. The number of hydrogen-bond acceptors (Lipinski definition) is 15. The summed E-state index contributed by atoms with van der Waals surface area (Å²) in [5.74, 6) is 1.10. The molecule has 0 saturated carbocycles. The van der Waals surface area contributed by atoms with E-state index < -0.39 is 24.0 Å². The molecule has 0 radical (unpaired) electrons. The van der Waals surface area contributed by atoms with Crippen molar-refractivity contribution in [2.24, 2.45) is 17.8 Å². The number of aliphatic carboxylic acids is 2. The van der Waals surface area contributed by atoms with E-state index in [4.69, 9.17) is 36.0 Å². The third-order valence-corrected chi connectivity index (χ3v) is 21.4. The van der Waals surface area contributed by atoms with Crippen LogP contribution in [0.4, 0.5) is 5.82 Å². The lowest BCUT2D eigenvalue weighted by atomic mass is 9.88. The van der Waals surface area contributed by atoms with Crippen LogP contribution in [-0.4, -0.2) is 148 Å². The van der Waals surface area contributed by atoms with Gasteiger partial charge in [-0.2, -0.15) is 0 Å². The molecule has 101 heavy (non-hydrogen) atoms. The number of pyridine rings is 3. The van der Waals surface area contributed by atoms with Crippen LogP contribution in [0.3, 0.4) is 0 Å². The summed E-state index contributed by atoms with van der Waals surface area (Å²) in [6, 6.07) is 33.2. The first-order chi connectivity index (χ1) is 49.1. The number of ketones is 2. The third-order valence-electron chi connectivity index (χ3n) is 21.1. The van der Waals surface area contributed by atoms with Crippen molar-refractivity contribution in [3.63, 3.8) is 0 Å². The molecule has 3 atom stereocenters. The molecule has 3 saturated heterocycles. The molecule has 4 aliphatic heterocycles. The third kappa shape index (κ3) is 21.5. The van der Waals surface area contributed by atoms with Crippen LogP contribution < -0.4 is 25.4 Å². The summed E-state index contributed by atoms with van der Waals surface area (Å²) in [6.07, 6.45) is 22.9. The van der Waals surface area contributed by atoms with E-state index in [1.165, 1.54) is 60.2 Å². The van der Waals surface area contributed by atoms with Gasteiger partial charge in [-0.05, 0) is 244 Å². The fourth-order valence-corrected chi connectivity index (χ4v) is 15.6. The predicted octanol–water partition coefficient (Wildman–Crippen LogP) is 12.5. The number of aryl methyl sites for hydroxylation is 8. The highest BCUT2D eigenvalue weighted by Crippen LogP contribution is 2.35. The minimum absolute atomic E-state index is 0.0714. The summed E-state index contributed by atoms with van der Waals surface area (Å²) in [5.41, 5.74) is 12.3. The molecule has 6 aromatic rings. The van der Waals surface area contributed by atoms with Crippen LogP contribution in [-0.2, 0) is 80.1 Å². The number of anilines is 1. The first-order valence-electron chi connectivity index (χ1n) is 37.1. The average molecular weight is 1400 g/mol. The van der Waals surface area contributed by atoms with Crippen molar-refractivity contribution >= 4 is 52.7 Å². The Balaban J connectivity index is 0.000000163. The second-order valence-corrected chi connectivity index (χ2v) is 28.5. The summed E-state index contributed by atoms with van der Waals surface area (Å²) in [5, 5.41) is 30.0. The summed E-state index contributed by atoms with van der Waals surface area (Å²) in [4.78, 5) is 95.1. The molecule has 540 valence electrons. The van der Waals surface area contributed by atoms with Crippen molar-refractivity contribution in [3.8, 4) is 11.5 Å². The van der Waals surface area contributed by atoms with Crippen LogP contribution in [0.15, 0.2) is 109 Å². The maximum Gasteiger partial charge on any atom is 0.325 e. The minimum atomic E-state index is -0.900. The van der Waals surface area contributed by atoms with Gasteiger partial charge in [0.1, 0.15) is 35.2 Å². The molecule has 5 N–H and O–H groups in total. The van der Waals surface area contributed by atoms with Crippen LogP contribution in [0.5, 0.6) is 11.5 Å². The van der Waals surface area contributed by atoms with Crippen molar-refractivity contribution in [2.75, 3.05) is 78.4 Å². The molecule has 20 heteroatoms. The molecule has 3 aromatic heterocycles. The number of rotatable bonds is 27. The molecule has 7 heterocycles. The van der Waals surface area contributed by atoms with Gasteiger partial charge in [-0.15, -0.1) is 0 Å². The Kier molecular flexibility index (Phi) is 28.6. The van der Waals surface area contributed by atoms with E-state index in [1.807, 2.05) is 58.3 Å². The van der Waals surface area contributed by atoms with Gasteiger partial charge in [0, 0.05) is 109 Å². The number of carboxylic acids is 2. The number of piperidine rings is 3. The summed E-state index contributed by atoms with van der Waals surface area (Å²) in [7, 11) is 3.12. The molecule has 0 spiro atoms. The molecule has 12 rings (SSSR count). The number of benzene rings is 3. The van der Waals surface area contributed by atoms with Gasteiger partial charge in [-0.3, -0.25) is 53.4 Å². The highest BCUT2D eigenvalue weighted by atomic mass is 35.5. The Bertz CT molecular complexity index is 3730. The number of para-hydroxylation sites is 1. The minimum Gasteiger partial charge on any atom is -0.497 e. The fourth-order valence-electron chi connectivity index (χ4n) is 15.5. The number of Topliss-reactive ketones (excluding diaryl/α,β-unsaturated/α-hetero) is 2. The monoisotopic (exact) mass is 1400 g/mol. The SMILES string of the molecule is CC(=O)C(c1ccc(Cl)cc1)N1CCC(C(=O)CCCCc2ccc3c(n2)NCCC3)CC1.COc1cccc(C(C(=O)O)N2CCC(C(=O)NCCCc3ccc4c(n3)CCCC4)CC2)c1.COc1ccccc1C(C(=O)O)N1CCC(C(=O)NCCCc2ccc3c(n2)CCCC3)CC1. The first-order valence-corrected chi connectivity index (χ1v) is 37.5. The van der Waals surface area contributed by atoms with Gasteiger partial charge in [-0.1, -0.05) is 72.3 Å². The topological polar surface area (TPSA) is 246 Å². The van der Waals surface area contributed by atoms with Crippen LogP contribution in [0.2, 0.25) is 5.02 Å². The number of fused-ring (bicyclic) bond motifs is 3. The average Bonchev–Trinajstić information content (AvgIpc) is 0.830. The molecule has 3 fully saturated rings. The van der Waals surface area contributed by atoms with Crippen molar-refractivity contribution in [3.05, 3.63) is 176 Å². The number of amides is 2. The number of carboxylic acid groups (broad SMARTS) is 2. The summed E-state index contributed by atoms with van der Waals surface area (Å²) in [6.45, 7) is 7.74. The lowest BCUT2D eigenvalue weighted by Crippen LogP contribution is -2.44. The zero-order valence-corrected chi connectivity index (χ0v) is 60.2. The molecule has 6 aliphatic rings. The van der Waals surface area contributed by atoms with Crippen molar-refractivity contribution in [2.45, 2.75) is 179 Å². The number of carbonyl (C=O) groups excluding carboxylic acids is 4. The van der Waals surface area contributed by atoms with Crippen LogP contribution in [0, 0.1) is 17.8 Å². The number of unbranched alkanes of at least 4 members (excludes halogenated alkanes) is 1. The summed E-state index contributed by atoms with van der Waals surface area (Å²) < 4.78 is 10.6. The van der Waals surface area contributed by atoms with Crippen molar-refractivity contribution < 1.29 is 48.5 Å². The predicted molar refractivity (Wildman–Crippen MR) is 393 cm³/mol. The number of hydrogen-bond donors (Lipinski definition) is 5. The van der Waals surface area contributed by atoms with Crippen molar-refractivity contribution in [1.29, 1.82) is 0 Å². The Labute approximate surface area is 601 Å². The number of ether oxygens (including phenoxy) is 2.